The number of para-hydroxylation sites is 3. The Morgan fingerprint density at radius 3 is 1.41 bits per heavy atom. The predicted octanol–water partition coefficient (Wildman–Crippen LogP) is 21.1. The van der Waals surface area contributed by atoms with Crippen molar-refractivity contribution < 1.29 is 17.7 Å². The third-order valence-electron chi connectivity index (χ3n) is 15.3. The van der Waals surface area contributed by atoms with Gasteiger partial charge in [-0.05, 0) is 148 Å². The number of furan rings is 4. The maximum atomic E-state index is 6.73. The Kier molecular flexibility index (Phi) is 10.2. The van der Waals surface area contributed by atoms with Crippen LogP contribution in [0.15, 0.2) is 218 Å². The monoisotopic (exact) mass is 972 g/mol. The fourth-order valence-corrected chi connectivity index (χ4v) is 11.4. The molecule has 0 spiro atoms. The molecule has 0 saturated heterocycles. The van der Waals surface area contributed by atoms with Crippen LogP contribution in [0.5, 0.6) is 0 Å². The number of rotatable bonds is 10. The molecule has 10 aromatic carbocycles. The minimum atomic E-state index is 0.416. The van der Waals surface area contributed by atoms with Crippen LogP contribution in [0.1, 0.15) is 62.0 Å². The van der Waals surface area contributed by atoms with E-state index in [9.17, 15) is 0 Å². The number of hydrogen-bond acceptors (Lipinski definition) is 6. The van der Waals surface area contributed by atoms with Gasteiger partial charge in [0, 0.05) is 72.1 Å². The van der Waals surface area contributed by atoms with Gasteiger partial charge in [-0.15, -0.1) is 0 Å². The first-order valence-corrected chi connectivity index (χ1v) is 25.9. The molecular weight excluding hydrogens is 921 g/mol. The zero-order valence-electron chi connectivity index (χ0n) is 42.4. The summed E-state index contributed by atoms with van der Waals surface area (Å²) < 4.78 is 26.7. The number of nitrogens with zero attached hydrogens (tertiary/aromatic N) is 2. The predicted molar refractivity (Wildman–Crippen MR) is 315 cm³/mol. The van der Waals surface area contributed by atoms with E-state index >= 15 is 0 Å². The molecule has 14 rings (SSSR count). The SMILES string of the molecule is C=C/C=C\c1c(C)oc2c(N(c3ccc(C(C)C)cc3)c3ccc4cc5c(cc4c3)oc3cc4oc6cc7cc(N(c8ccc(C(C)C)cc8)c8cccc9c8oc8ccccc89)ccc7cc6c4cc35)cccc12. The van der Waals surface area contributed by atoms with E-state index in [-0.39, 0.29) is 0 Å². The van der Waals surface area contributed by atoms with Gasteiger partial charge in [0.1, 0.15) is 33.7 Å². The summed E-state index contributed by atoms with van der Waals surface area (Å²) in [6.07, 6.45) is 5.82. The van der Waals surface area contributed by atoms with Crippen molar-refractivity contribution in [3.63, 3.8) is 0 Å². The van der Waals surface area contributed by atoms with Crippen LogP contribution in [0.4, 0.5) is 34.1 Å². The second-order valence-corrected chi connectivity index (χ2v) is 20.5. The first-order chi connectivity index (χ1) is 36.6. The van der Waals surface area contributed by atoms with Crippen LogP contribution in [0.2, 0.25) is 0 Å². The third-order valence-corrected chi connectivity index (χ3v) is 15.3. The molecule has 0 aliphatic rings. The van der Waals surface area contributed by atoms with Gasteiger partial charge in [0.25, 0.3) is 0 Å². The van der Waals surface area contributed by atoms with E-state index in [1.54, 1.807) is 6.08 Å². The molecule has 75 heavy (non-hydrogen) atoms. The largest absolute Gasteiger partial charge is 0.459 e. The maximum absolute atomic E-state index is 6.73. The van der Waals surface area contributed by atoms with Gasteiger partial charge in [-0.1, -0.05) is 131 Å². The van der Waals surface area contributed by atoms with Crippen molar-refractivity contribution in [1.82, 2.24) is 0 Å². The van der Waals surface area contributed by atoms with Crippen LogP contribution in [-0.2, 0) is 0 Å². The highest BCUT2D eigenvalue weighted by Gasteiger charge is 2.24. The lowest BCUT2D eigenvalue weighted by molar-refractivity contribution is 0.578. The van der Waals surface area contributed by atoms with E-state index in [0.717, 1.165) is 144 Å². The minimum absolute atomic E-state index is 0.416. The molecule has 0 saturated carbocycles. The second-order valence-electron chi connectivity index (χ2n) is 20.5. The summed E-state index contributed by atoms with van der Waals surface area (Å²) in [5, 5.41) is 11.9. The lowest BCUT2D eigenvalue weighted by Gasteiger charge is -2.26. The molecular formula is C69H52N2O4. The molecule has 0 N–H and O–H groups in total. The Morgan fingerprint density at radius 2 is 0.867 bits per heavy atom. The van der Waals surface area contributed by atoms with Crippen molar-refractivity contribution in [3.05, 3.63) is 223 Å². The number of anilines is 6. The molecule has 0 bridgehead atoms. The molecule has 0 unspecified atom stereocenters. The smallest absolute Gasteiger partial charge is 0.159 e. The highest BCUT2D eigenvalue weighted by atomic mass is 16.3. The summed E-state index contributed by atoms with van der Waals surface area (Å²) in [7, 11) is 0. The number of fused-ring (bicyclic) bond motifs is 12. The fraction of sp³-hybridized carbons (Fsp3) is 0.101. The van der Waals surface area contributed by atoms with E-state index in [1.165, 1.54) is 11.1 Å². The summed E-state index contributed by atoms with van der Waals surface area (Å²) in [6, 6.07) is 65.4. The van der Waals surface area contributed by atoms with E-state index in [2.05, 4.69) is 220 Å². The lowest BCUT2D eigenvalue weighted by atomic mass is 10.0. The van der Waals surface area contributed by atoms with Gasteiger partial charge in [-0.2, -0.15) is 0 Å². The number of hydrogen-bond donors (Lipinski definition) is 0. The average Bonchev–Trinajstić information content (AvgIpc) is 4.18. The zero-order chi connectivity index (χ0) is 50.6. The summed E-state index contributed by atoms with van der Waals surface area (Å²) in [5.41, 5.74) is 15.5. The molecule has 0 radical (unpaired) electrons. The molecule has 4 heterocycles. The van der Waals surface area contributed by atoms with Crippen molar-refractivity contribution in [2.75, 3.05) is 9.80 Å². The Morgan fingerprint density at radius 1 is 0.387 bits per heavy atom. The quantitative estimate of drug-likeness (QED) is 0.127. The van der Waals surface area contributed by atoms with E-state index < -0.39 is 0 Å². The first-order valence-electron chi connectivity index (χ1n) is 25.9. The van der Waals surface area contributed by atoms with Crippen LogP contribution in [0.25, 0.3) is 104 Å². The number of benzene rings is 10. The van der Waals surface area contributed by atoms with E-state index in [4.69, 9.17) is 17.7 Å². The van der Waals surface area contributed by atoms with E-state index in [1.807, 2.05) is 25.1 Å². The Hall–Kier alpha value is -9.26. The van der Waals surface area contributed by atoms with Crippen molar-refractivity contribution in [2.24, 2.45) is 0 Å². The summed E-state index contributed by atoms with van der Waals surface area (Å²) in [6.45, 7) is 14.8. The van der Waals surface area contributed by atoms with Crippen LogP contribution >= 0.6 is 0 Å². The summed E-state index contributed by atoms with van der Waals surface area (Å²) in [4.78, 5) is 4.61. The molecule has 6 nitrogen and oxygen atoms in total. The van der Waals surface area contributed by atoms with Gasteiger partial charge in [0.05, 0.1) is 11.4 Å². The van der Waals surface area contributed by atoms with Gasteiger partial charge < -0.3 is 27.5 Å². The van der Waals surface area contributed by atoms with Gasteiger partial charge in [-0.3, -0.25) is 0 Å². The Labute approximate surface area is 433 Å². The lowest BCUT2D eigenvalue weighted by Crippen LogP contribution is -2.10. The van der Waals surface area contributed by atoms with Crippen molar-refractivity contribution in [1.29, 1.82) is 0 Å². The van der Waals surface area contributed by atoms with Crippen molar-refractivity contribution >= 4 is 139 Å². The van der Waals surface area contributed by atoms with Crippen molar-refractivity contribution in [3.8, 4) is 0 Å². The van der Waals surface area contributed by atoms with Crippen LogP contribution in [0.3, 0.4) is 0 Å². The molecule has 0 aliphatic carbocycles. The number of allylic oxidation sites excluding steroid dienone is 2. The highest BCUT2D eigenvalue weighted by molar-refractivity contribution is 6.19. The maximum Gasteiger partial charge on any atom is 0.159 e. The Bertz CT molecular complexity index is 4640. The molecule has 362 valence electrons. The summed E-state index contributed by atoms with van der Waals surface area (Å²) in [5.74, 6) is 1.70. The molecule has 6 heteroatoms. The Balaban J connectivity index is 0.863. The molecule has 14 aromatic rings. The van der Waals surface area contributed by atoms with Crippen molar-refractivity contribution in [2.45, 2.75) is 46.5 Å². The van der Waals surface area contributed by atoms with Crippen LogP contribution in [-0.4, -0.2) is 0 Å². The van der Waals surface area contributed by atoms with Crippen LogP contribution in [0, 0.1) is 6.92 Å². The van der Waals surface area contributed by atoms with Gasteiger partial charge in [-0.25, -0.2) is 0 Å². The van der Waals surface area contributed by atoms with Gasteiger partial charge in [0.2, 0.25) is 0 Å². The molecule has 0 atom stereocenters. The fourth-order valence-electron chi connectivity index (χ4n) is 11.4. The molecule has 0 amide bonds. The number of aryl methyl sites for hydroxylation is 1. The molecule has 4 aromatic heterocycles. The second kappa shape index (κ2) is 17.2. The topological polar surface area (TPSA) is 59.0 Å². The van der Waals surface area contributed by atoms with Gasteiger partial charge in [0.15, 0.2) is 11.2 Å². The van der Waals surface area contributed by atoms with Crippen LogP contribution < -0.4 is 9.80 Å². The first kappa shape index (κ1) is 44.4. The van der Waals surface area contributed by atoms with Gasteiger partial charge >= 0.3 is 0 Å². The minimum Gasteiger partial charge on any atom is -0.459 e. The molecule has 0 fully saturated rings. The zero-order valence-corrected chi connectivity index (χ0v) is 42.4. The normalized spacial score (nSPS) is 12.3. The highest BCUT2D eigenvalue weighted by Crippen LogP contribution is 2.47. The summed E-state index contributed by atoms with van der Waals surface area (Å²) >= 11 is 0. The third kappa shape index (κ3) is 7.23. The van der Waals surface area contributed by atoms with E-state index in [0.29, 0.717) is 11.8 Å². The average molecular weight is 973 g/mol. The molecule has 0 aliphatic heterocycles. The standard InChI is InChI=1S/C69H52N2O4/c1-7-8-13-53-42(6)72-68-55(53)15-11-17-61(68)70(49-26-20-43(21-27-49)40(2)3)51-30-24-45-34-57-59-38-60-58-35-46-25-31-52(33-48(46)37-65(58)74-67(60)39-66(59)73-64(57)36-47(45)32-51)71(50-28-22-44(23-29-50)41(4)5)62-18-12-16-56-54-14-9-10-19-63(54)75-69(56)62/h7-41H,1H2,2-6H3/b13-8-.